The zero-order chi connectivity index (χ0) is 18.7. The second-order valence-electron chi connectivity index (χ2n) is 7.21. The van der Waals surface area contributed by atoms with Gasteiger partial charge in [-0.3, -0.25) is 9.59 Å². The molecule has 1 aromatic heterocycles. The molecule has 7 heteroatoms. The summed E-state index contributed by atoms with van der Waals surface area (Å²) in [7, 11) is 1.38. The van der Waals surface area contributed by atoms with Gasteiger partial charge >= 0.3 is 5.97 Å². The largest absolute Gasteiger partial charge is 0.464 e. The lowest BCUT2D eigenvalue weighted by molar-refractivity contribution is -0.138. The maximum atomic E-state index is 12.6. The van der Waals surface area contributed by atoms with Crippen LogP contribution in [0.1, 0.15) is 55.6 Å². The molecular weight excluding hydrogens is 334 g/mol. The highest BCUT2D eigenvalue weighted by molar-refractivity contribution is 5.89. The van der Waals surface area contributed by atoms with E-state index in [9.17, 15) is 14.4 Å². The molecule has 2 fully saturated rings. The van der Waals surface area contributed by atoms with Crippen molar-refractivity contribution in [3.8, 4) is 0 Å². The van der Waals surface area contributed by atoms with E-state index in [1.54, 1.807) is 13.0 Å². The molecule has 0 bridgehead atoms. The third-order valence-corrected chi connectivity index (χ3v) is 5.55. The zero-order valence-corrected chi connectivity index (χ0v) is 15.4. The Hall–Kier alpha value is -2.31. The summed E-state index contributed by atoms with van der Waals surface area (Å²) in [6.45, 7) is 2.99. The van der Waals surface area contributed by atoms with Gasteiger partial charge in [-0.25, -0.2) is 4.79 Å². The van der Waals surface area contributed by atoms with Crippen LogP contribution in [0.5, 0.6) is 0 Å². The summed E-state index contributed by atoms with van der Waals surface area (Å²) >= 11 is 0. The molecule has 1 saturated carbocycles. The second-order valence-corrected chi connectivity index (χ2v) is 7.21. The quantitative estimate of drug-likeness (QED) is 0.810. The number of methoxy groups -OCH3 is 1. The summed E-state index contributed by atoms with van der Waals surface area (Å²) in [4.78, 5) is 38.3. The van der Waals surface area contributed by atoms with E-state index in [0.717, 1.165) is 32.1 Å². The van der Waals surface area contributed by atoms with E-state index in [2.05, 4.69) is 5.32 Å². The number of nitrogens with one attached hydrogen (secondary N) is 1. The summed E-state index contributed by atoms with van der Waals surface area (Å²) in [5.41, 5.74) is 0.540. The number of esters is 1. The van der Waals surface area contributed by atoms with Gasteiger partial charge in [0.15, 0.2) is 0 Å². The number of nitrogens with zero attached hydrogens (tertiary/aromatic N) is 2. The van der Waals surface area contributed by atoms with Crippen molar-refractivity contribution in [2.75, 3.05) is 20.2 Å². The maximum Gasteiger partial charge on any atom is 0.354 e. The number of amides is 2. The average Bonchev–Trinajstić information content (AvgIpc) is 3.08. The molecule has 142 valence electrons. The predicted molar refractivity (Wildman–Crippen MR) is 95.6 cm³/mol. The number of ether oxygens (including phenoxy) is 1. The predicted octanol–water partition coefficient (Wildman–Crippen LogP) is 1.74. The number of hydrogen-bond donors (Lipinski definition) is 1. The highest BCUT2D eigenvalue weighted by Gasteiger charge is 2.31. The molecule has 1 aliphatic heterocycles. The molecule has 26 heavy (non-hydrogen) atoms. The maximum absolute atomic E-state index is 12.6. The molecule has 0 radical (unpaired) electrons. The molecular formula is C19H27N3O4. The van der Waals surface area contributed by atoms with Gasteiger partial charge in [-0.1, -0.05) is 6.42 Å². The van der Waals surface area contributed by atoms with Crippen molar-refractivity contribution in [1.82, 2.24) is 14.8 Å². The fraction of sp³-hybridized carbons (Fsp3) is 0.632. The minimum Gasteiger partial charge on any atom is -0.464 e. The first-order chi connectivity index (χ1) is 12.5. The second kappa shape index (κ2) is 7.93. The summed E-state index contributed by atoms with van der Waals surface area (Å²) in [5.74, 6) is -0.291. The van der Waals surface area contributed by atoms with Crippen LogP contribution >= 0.6 is 0 Å². The fourth-order valence-corrected chi connectivity index (χ4v) is 3.69. The van der Waals surface area contributed by atoms with Gasteiger partial charge in [-0.2, -0.15) is 0 Å². The van der Waals surface area contributed by atoms with Crippen molar-refractivity contribution in [3.05, 3.63) is 24.0 Å². The first-order valence-corrected chi connectivity index (χ1v) is 9.35. The van der Waals surface area contributed by atoms with Crippen LogP contribution in [0.25, 0.3) is 0 Å². The fourth-order valence-electron chi connectivity index (χ4n) is 3.69. The Labute approximate surface area is 153 Å². The van der Waals surface area contributed by atoms with Gasteiger partial charge in [0.2, 0.25) is 11.8 Å². The van der Waals surface area contributed by atoms with E-state index >= 15 is 0 Å². The first-order valence-electron chi connectivity index (χ1n) is 9.35. The lowest BCUT2D eigenvalue weighted by atomic mass is 9.84. The van der Waals surface area contributed by atoms with Crippen molar-refractivity contribution in [1.29, 1.82) is 0 Å². The van der Waals surface area contributed by atoms with E-state index in [1.165, 1.54) is 7.11 Å². The van der Waals surface area contributed by atoms with Crippen LogP contribution in [0.3, 0.4) is 0 Å². The molecule has 1 aromatic rings. The van der Waals surface area contributed by atoms with Crippen LogP contribution < -0.4 is 5.32 Å². The Kier molecular flexibility index (Phi) is 5.64. The third kappa shape index (κ3) is 3.76. The van der Waals surface area contributed by atoms with Crippen LogP contribution in [0, 0.1) is 5.92 Å². The number of carbonyl (C=O) groups is 3. The van der Waals surface area contributed by atoms with Crippen LogP contribution in [0.2, 0.25) is 0 Å². The number of likely N-dealkylation sites (tertiary alicyclic amines) is 1. The number of aromatic nitrogens is 1. The Balaban J connectivity index is 1.53. The molecule has 2 amide bonds. The van der Waals surface area contributed by atoms with E-state index in [4.69, 9.17) is 4.74 Å². The SMILES string of the molecule is COC(=O)c1cccn1C1CCN(C(=O)[C@H](C)NC(=O)C2CCC2)CC1. The molecule has 2 aliphatic rings. The van der Waals surface area contributed by atoms with Crippen LogP contribution in [0.15, 0.2) is 18.3 Å². The molecule has 7 nitrogen and oxygen atoms in total. The van der Waals surface area contributed by atoms with Gasteiger partial charge in [0.05, 0.1) is 7.11 Å². The first kappa shape index (κ1) is 18.5. The Morgan fingerprint density at radius 3 is 2.46 bits per heavy atom. The van der Waals surface area contributed by atoms with E-state index in [1.807, 2.05) is 21.7 Å². The van der Waals surface area contributed by atoms with Crippen molar-refractivity contribution in [2.24, 2.45) is 5.92 Å². The van der Waals surface area contributed by atoms with Crippen molar-refractivity contribution in [2.45, 2.75) is 51.1 Å². The van der Waals surface area contributed by atoms with Crippen LogP contribution in [0.4, 0.5) is 0 Å². The zero-order valence-electron chi connectivity index (χ0n) is 15.4. The van der Waals surface area contributed by atoms with Gasteiger partial charge in [0.1, 0.15) is 11.7 Å². The number of rotatable bonds is 5. The van der Waals surface area contributed by atoms with E-state index < -0.39 is 6.04 Å². The minimum atomic E-state index is -0.489. The number of carbonyl (C=O) groups excluding carboxylic acids is 3. The van der Waals surface area contributed by atoms with Gasteiger partial charge in [0, 0.05) is 31.2 Å². The van der Waals surface area contributed by atoms with Crippen LogP contribution in [-0.4, -0.2) is 53.5 Å². The molecule has 2 heterocycles. The van der Waals surface area contributed by atoms with Crippen molar-refractivity contribution < 1.29 is 19.1 Å². The van der Waals surface area contributed by atoms with Gasteiger partial charge in [0.25, 0.3) is 0 Å². The molecule has 0 unspecified atom stereocenters. The van der Waals surface area contributed by atoms with Gasteiger partial charge in [-0.05, 0) is 44.7 Å². The highest BCUT2D eigenvalue weighted by atomic mass is 16.5. The molecule has 1 atom stereocenters. The minimum absolute atomic E-state index is 0.00190. The smallest absolute Gasteiger partial charge is 0.354 e. The highest BCUT2D eigenvalue weighted by Crippen LogP contribution is 2.27. The van der Waals surface area contributed by atoms with Gasteiger partial charge < -0.3 is 19.5 Å². The summed E-state index contributed by atoms with van der Waals surface area (Å²) < 4.78 is 6.76. The topological polar surface area (TPSA) is 80.6 Å². The average molecular weight is 361 g/mol. The lowest BCUT2D eigenvalue weighted by Gasteiger charge is -2.35. The molecule has 0 aromatic carbocycles. The Morgan fingerprint density at radius 2 is 1.88 bits per heavy atom. The van der Waals surface area contributed by atoms with Crippen molar-refractivity contribution >= 4 is 17.8 Å². The Morgan fingerprint density at radius 1 is 1.19 bits per heavy atom. The summed E-state index contributed by atoms with van der Waals surface area (Å²) in [5, 5.41) is 2.85. The summed E-state index contributed by atoms with van der Waals surface area (Å²) in [6, 6.07) is 3.27. The monoisotopic (exact) mass is 361 g/mol. The number of piperidine rings is 1. The summed E-state index contributed by atoms with van der Waals surface area (Å²) in [6.07, 6.45) is 6.38. The molecule has 0 spiro atoms. The number of hydrogen-bond acceptors (Lipinski definition) is 4. The lowest BCUT2D eigenvalue weighted by Crippen LogP contribution is -2.51. The third-order valence-electron chi connectivity index (χ3n) is 5.55. The normalized spacial score (nSPS) is 19.5. The standard InChI is InChI=1S/C19H27N3O4/c1-13(20-17(23)14-5-3-6-14)18(24)21-11-8-15(9-12-21)22-10-4-7-16(22)19(25)26-2/h4,7,10,13-15H,3,5-6,8-9,11-12H2,1-2H3,(H,20,23)/t13-/m0/s1. The van der Waals surface area contributed by atoms with Crippen molar-refractivity contribution in [3.63, 3.8) is 0 Å². The molecule has 1 N–H and O–H groups in total. The van der Waals surface area contributed by atoms with E-state index in [-0.39, 0.29) is 29.7 Å². The van der Waals surface area contributed by atoms with Crippen LogP contribution in [-0.2, 0) is 14.3 Å². The molecule has 1 aliphatic carbocycles. The molecule has 1 saturated heterocycles. The Bertz CT molecular complexity index is 672. The van der Waals surface area contributed by atoms with E-state index in [0.29, 0.717) is 18.8 Å². The molecule has 3 rings (SSSR count). The van der Waals surface area contributed by atoms with Gasteiger partial charge in [-0.15, -0.1) is 0 Å².